The van der Waals surface area contributed by atoms with Crippen LogP contribution in [0.25, 0.3) is 6.08 Å². The topological polar surface area (TPSA) is 63.7 Å². The van der Waals surface area contributed by atoms with Gasteiger partial charge >= 0.3 is 5.97 Å². The molecule has 1 aliphatic heterocycles. The summed E-state index contributed by atoms with van der Waals surface area (Å²) in [6.07, 6.45) is 1.57. The van der Waals surface area contributed by atoms with Crippen LogP contribution in [0.2, 0.25) is 5.02 Å². The van der Waals surface area contributed by atoms with Gasteiger partial charge in [-0.2, -0.15) is 0 Å². The summed E-state index contributed by atoms with van der Waals surface area (Å²) in [5.74, 6) is -1.11. The molecule has 7 heteroatoms. The first kappa shape index (κ1) is 15.6. The predicted molar refractivity (Wildman–Crippen MR) is 80.8 cm³/mol. The monoisotopic (exact) mass is 325 g/mol. The second-order valence-electron chi connectivity index (χ2n) is 4.13. The number of ether oxygens (including phenoxy) is 1. The minimum atomic E-state index is -0.608. The van der Waals surface area contributed by atoms with Crippen molar-refractivity contribution in [3.8, 4) is 0 Å². The first-order valence-corrected chi connectivity index (χ1v) is 7.37. The molecule has 1 fully saturated rings. The van der Waals surface area contributed by atoms with Crippen molar-refractivity contribution >= 4 is 46.6 Å². The van der Waals surface area contributed by atoms with Crippen molar-refractivity contribution in [2.45, 2.75) is 6.92 Å². The van der Waals surface area contributed by atoms with Gasteiger partial charge in [0.2, 0.25) is 0 Å². The molecule has 0 aliphatic carbocycles. The Morgan fingerprint density at radius 2 is 2.19 bits per heavy atom. The molecule has 0 unspecified atom stereocenters. The smallest absolute Gasteiger partial charge is 0.326 e. The Kier molecular flexibility index (Phi) is 5.03. The second kappa shape index (κ2) is 6.78. The summed E-state index contributed by atoms with van der Waals surface area (Å²) < 4.78 is 4.74. The molecule has 1 heterocycles. The van der Waals surface area contributed by atoms with E-state index in [2.05, 4.69) is 0 Å². The van der Waals surface area contributed by atoms with Gasteiger partial charge in [0.15, 0.2) is 0 Å². The summed E-state index contributed by atoms with van der Waals surface area (Å²) in [6, 6.07) is 6.91. The minimum absolute atomic E-state index is 0.202. The molecule has 0 aromatic heterocycles. The van der Waals surface area contributed by atoms with Crippen LogP contribution in [0.3, 0.4) is 0 Å². The van der Waals surface area contributed by atoms with E-state index in [4.69, 9.17) is 16.3 Å². The number of halogens is 1. The summed E-state index contributed by atoms with van der Waals surface area (Å²) in [4.78, 5) is 36.4. The van der Waals surface area contributed by atoms with E-state index in [9.17, 15) is 14.4 Å². The molecule has 1 aliphatic rings. The van der Waals surface area contributed by atoms with Crippen molar-refractivity contribution < 1.29 is 19.1 Å². The fourth-order valence-electron chi connectivity index (χ4n) is 1.72. The number of esters is 1. The third-order valence-electron chi connectivity index (χ3n) is 2.61. The van der Waals surface area contributed by atoms with Crippen molar-refractivity contribution in [2.75, 3.05) is 13.2 Å². The molecule has 5 nitrogen and oxygen atoms in total. The highest BCUT2D eigenvalue weighted by Gasteiger charge is 2.36. The van der Waals surface area contributed by atoms with Crippen LogP contribution >= 0.6 is 23.4 Å². The van der Waals surface area contributed by atoms with Crippen molar-refractivity contribution in [3.05, 3.63) is 39.8 Å². The van der Waals surface area contributed by atoms with E-state index in [1.807, 2.05) is 0 Å². The zero-order valence-corrected chi connectivity index (χ0v) is 12.7. The quantitative estimate of drug-likeness (QED) is 0.629. The lowest BCUT2D eigenvalue weighted by atomic mass is 10.2. The van der Waals surface area contributed by atoms with Gasteiger partial charge < -0.3 is 4.74 Å². The molecular formula is C14H12ClNO4S. The van der Waals surface area contributed by atoms with Gasteiger partial charge in [-0.1, -0.05) is 23.7 Å². The molecule has 0 N–H and O–H groups in total. The molecule has 110 valence electrons. The minimum Gasteiger partial charge on any atom is -0.465 e. The van der Waals surface area contributed by atoms with E-state index >= 15 is 0 Å². The molecule has 1 aromatic rings. The number of thioether (sulfide) groups is 1. The van der Waals surface area contributed by atoms with Crippen molar-refractivity contribution in [1.82, 2.24) is 4.90 Å². The van der Waals surface area contributed by atoms with Gasteiger partial charge in [-0.05, 0) is 42.5 Å². The fraction of sp³-hybridized carbons (Fsp3) is 0.214. The number of carbonyl (C=O) groups is 3. The lowest BCUT2D eigenvalue weighted by molar-refractivity contribution is -0.145. The highest BCUT2D eigenvalue weighted by molar-refractivity contribution is 8.18. The summed E-state index contributed by atoms with van der Waals surface area (Å²) in [5.41, 5.74) is 0.712. The lowest BCUT2D eigenvalue weighted by Crippen LogP contribution is -2.34. The number of rotatable bonds is 4. The van der Waals surface area contributed by atoms with Crippen LogP contribution < -0.4 is 0 Å². The van der Waals surface area contributed by atoms with E-state index in [-0.39, 0.29) is 18.1 Å². The number of benzene rings is 1. The Morgan fingerprint density at radius 3 is 2.86 bits per heavy atom. The summed E-state index contributed by atoms with van der Waals surface area (Å²) in [5, 5.41) is 0.0517. The van der Waals surface area contributed by atoms with Gasteiger partial charge in [0.25, 0.3) is 11.1 Å². The van der Waals surface area contributed by atoms with Gasteiger partial charge in [-0.25, -0.2) is 0 Å². The molecule has 1 aromatic carbocycles. The SMILES string of the molecule is CCOC(=O)CN1C(=O)S/C(=C/c2cccc(Cl)c2)C1=O. The van der Waals surface area contributed by atoms with E-state index < -0.39 is 17.1 Å². The Hall–Kier alpha value is -1.79. The third kappa shape index (κ3) is 3.86. The van der Waals surface area contributed by atoms with Gasteiger partial charge in [0, 0.05) is 5.02 Å². The highest BCUT2D eigenvalue weighted by Crippen LogP contribution is 2.32. The molecule has 0 saturated carbocycles. The van der Waals surface area contributed by atoms with Crippen LogP contribution in [0.15, 0.2) is 29.2 Å². The summed E-state index contributed by atoms with van der Waals surface area (Å²) >= 11 is 6.66. The van der Waals surface area contributed by atoms with Gasteiger partial charge in [-0.15, -0.1) is 0 Å². The van der Waals surface area contributed by atoms with Crippen LogP contribution in [0.5, 0.6) is 0 Å². The molecule has 21 heavy (non-hydrogen) atoms. The number of hydrogen-bond donors (Lipinski definition) is 0. The maximum atomic E-state index is 12.1. The largest absolute Gasteiger partial charge is 0.465 e. The average Bonchev–Trinajstić information content (AvgIpc) is 2.67. The second-order valence-corrected chi connectivity index (χ2v) is 5.56. The first-order valence-electron chi connectivity index (χ1n) is 6.18. The lowest BCUT2D eigenvalue weighted by Gasteiger charge is -2.10. The number of carbonyl (C=O) groups excluding carboxylic acids is 3. The van der Waals surface area contributed by atoms with Crippen LogP contribution in [-0.2, 0) is 14.3 Å². The van der Waals surface area contributed by atoms with Crippen molar-refractivity contribution in [1.29, 1.82) is 0 Å². The Bertz CT molecular complexity index is 629. The molecule has 0 bridgehead atoms. The standard InChI is InChI=1S/C14H12ClNO4S/c1-2-20-12(17)8-16-13(18)11(21-14(16)19)7-9-4-3-5-10(15)6-9/h3-7H,2,8H2,1H3/b11-7+. The fourth-order valence-corrected chi connectivity index (χ4v) is 2.76. The zero-order chi connectivity index (χ0) is 15.4. The van der Waals surface area contributed by atoms with E-state index in [0.29, 0.717) is 10.6 Å². The Balaban J connectivity index is 2.16. The van der Waals surface area contributed by atoms with E-state index in [1.54, 1.807) is 37.3 Å². The molecule has 2 rings (SSSR count). The number of hydrogen-bond acceptors (Lipinski definition) is 5. The molecular weight excluding hydrogens is 314 g/mol. The van der Waals surface area contributed by atoms with Gasteiger partial charge in [-0.3, -0.25) is 19.3 Å². The van der Waals surface area contributed by atoms with Crippen molar-refractivity contribution in [2.24, 2.45) is 0 Å². The highest BCUT2D eigenvalue weighted by atomic mass is 35.5. The average molecular weight is 326 g/mol. The molecule has 2 amide bonds. The van der Waals surface area contributed by atoms with E-state index in [0.717, 1.165) is 16.7 Å². The van der Waals surface area contributed by atoms with E-state index in [1.165, 1.54) is 0 Å². The summed E-state index contributed by atoms with van der Waals surface area (Å²) in [7, 11) is 0. The van der Waals surface area contributed by atoms with Crippen LogP contribution in [0.1, 0.15) is 12.5 Å². The normalized spacial score (nSPS) is 16.7. The number of imide groups is 1. The zero-order valence-electron chi connectivity index (χ0n) is 11.2. The molecule has 0 atom stereocenters. The summed E-state index contributed by atoms with van der Waals surface area (Å²) in [6.45, 7) is 1.49. The van der Waals surface area contributed by atoms with Gasteiger partial charge in [0.1, 0.15) is 6.54 Å². The maximum absolute atomic E-state index is 12.1. The predicted octanol–water partition coefficient (Wildman–Crippen LogP) is 2.94. The molecule has 0 radical (unpaired) electrons. The number of nitrogens with zero attached hydrogens (tertiary/aromatic N) is 1. The first-order chi connectivity index (χ1) is 10.0. The Labute approximate surface area is 130 Å². The van der Waals surface area contributed by atoms with Crippen LogP contribution in [-0.4, -0.2) is 35.2 Å². The number of amides is 2. The maximum Gasteiger partial charge on any atom is 0.326 e. The Morgan fingerprint density at radius 1 is 1.43 bits per heavy atom. The van der Waals surface area contributed by atoms with Crippen molar-refractivity contribution in [3.63, 3.8) is 0 Å². The van der Waals surface area contributed by atoms with Crippen LogP contribution in [0, 0.1) is 0 Å². The molecule has 1 saturated heterocycles. The third-order valence-corrected chi connectivity index (χ3v) is 3.76. The molecule has 0 spiro atoms. The van der Waals surface area contributed by atoms with Crippen LogP contribution in [0.4, 0.5) is 4.79 Å². The van der Waals surface area contributed by atoms with Gasteiger partial charge in [0.05, 0.1) is 11.5 Å².